The number of benzene rings is 2. The molecule has 1 fully saturated rings. The molecule has 0 unspecified atom stereocenters. The highest BCUT2D eigenvalue weighted by molar-refractivity contribution is 6.00. The Balaban J connectivity index is 2.19. The SMILES string of the molecule is O=C1N[C@H](c2ccccc2F)[C@H](C(=O)c2ccccc2)[C@](O)(C(F)(F)F)N1. The van der Waals surface area contributed by atoms with Crippen molar-refractivity contribution in [3.05, 3.63) is 71.5 Å². The second kappa shape index (κ2) is 6.66. The maximum atomic E-state index is 14.2. The molecule has 2 aromatic carbocycles. The third-order valence-corrected chi connectivity index (χ3v) is 4.39. The Bertz CT molecular complexity index is 872. The Hall–Kier alpha value is -2.94. The van der Waals surface area contributed by atoms with Crippen LogP contribution >= 0.6 is 0 Å². The molecule has 0 aromatic heterocycles. The zero-order chi connectivity index (χ0) is 19.8. The van der Waals surface area contributed by atoms with E-state index in [1.54, 1.807) is 6.07 Å². The van der Waals surface area contributed by atoms with Crippen molar-refractivity contribution >= 4 is 11.8 Å². The fourth-order valence-electron chi connectivity index (χ4n) is 3.11. The maximum Gasteiger partial charge on any atom is 0.437 e. The molecule has 27 heavy (non-hydrogen) atoms. The van der Waals surface area contributed by atoms with Crippen LogP contribution < -0.4 is 10.6 Å². The van der Waals surface area contributed by atoms with Crippen LogP contribution in [0.4, 0.5) is 22.4 Å². The van der Waals surface area contributed by atoms with Gasteiger partial charge in [0.1, 0.15) is 11.7 Å². The molecule has 3 atom stereocenters. The maximum absolute atomic E-state index is 14.2. The minimum atomic E-state index is -5.39. The molecule has 2 aromatic rings. The van der Waals surface area contributed by atoms with Gasteiger partial charge in [0, 0.05) is 11.1 Å². The fourth-order valence-corrected chi connectivity index (χ4v) is 3.11. The predicted octanol–water partition coefficient (Wildman–Crippen LogP) is 2.93. The average molecular weight is 382 g/mol. The van der Waals surface area contributed by atoms with Gasteiger partial charge in [-0.25, -0.2) is 9.18 Å². The lowest BCUT2D eigenvalue weighted by Gasteiger charge is -2.45. The van der Waals surface area contributed by atoms with Crippen molar-refractivity contribution in [2.75, 3.05) is 0 Å². The van der Waals surface area contributed by atoms with Crippen molar-refractivity contribution in [1.29, 1.82) is 0 Å². The first-order valence-electron chi connectivity index (χ1n) is 7.86. The summed E-state index contributed by atoms with van der Waals surface area (Å²) < 4.78 is 55.3. The molecule has 0 saturated carbocycles. The van der Waals surface area contributed by atoms with Gasteiger partial charge in [0.05, 0.1) is 6.04 Å². The van der Waals surface area contributed by atoms with Crippen LogP contribution in [0.5, 0.6) is 0 Å². The van der Waals surface area contributed by atoms with Gasteiger partial charge in [0.2, 0.25) is 5.72 Å². The van der Waals surface area contributed by atoms with Crippen LogP contribution in [0.1, 0.15) is 22.0 Å². The number of halogens is 4. The zero-order valence-electron chi connectivity index (χ0n) is 13.6. The van der Waals surface area contributed by atoms with Crippen LogP contribution in [0, 0.1) is 11.7 Å². The van der Waals surface area contributed by atoms with E-state index in [0.717, 1.165) is 12.1 Å². The largest absolute Gasteiger partial charge is 0.437 e. The van der Waals surface area contributed by atoms with Gasteiger partial charge in [-0.15, -0.1) is 0 Å². The minimum absolute atomic E-state index is 0.121. The number of nitrogens with one attached hydrogen (secondary N) is 2. The van der Waals surface area contributed by atoms with E-state index in [1.807, 2.05) is 0 Å². The molecule has 3 N–H and O–H groups in total. The summed E-state index contributed by atoms with van der Waals surface area (Å²) in [6, 6.07) is 8.66. The number of alkyl halides is 3. The highest BCUT2D eigenvalue weighted by Gasteiger charge is 2.66. The number of urea groups is 1. The predicted molar refractivity (Wildman–Crippen MR) is 86.1 cm³/mol. The lowest BCUT2D eigenvalue weighted by molar-refractivity contribution is -0.287. The van der Waals surface area contributed by atoms with Gasteiger partial charge in [-0.05, 0) is 6.07 Å². The number of aliphatic hydroxyl groups is 1. The van der Waals surface area contributed by atoms with E-state index in [-0.39, 0.29) is 11.1 Å². The van der Waals surface area contributed by atoms with Gasteiger partial charge in [-0.2, -0.15) is 13.2 Å². The molecular formula is C18H14F4N2O3. The van der Waals surface area contributed by atoms with Crippen LogP contribution in [0.25, 0.3) is 0 Å². The van der Waals surface area contributed by atoms with Crippen LogP contribution in [0.2, 0.25) is 0 Å². The lowest BCUT2D eigenvalue weighted by atomic mass is 9.77. The molecule has 2 amide bonds. The van der Waals surface area contributed by atoms with Gasteiger partial charge >= 0.3 is 12.2 Å². The van der Waals surface area contributed by atoms with Gasteiger partial charge in [-0.1, -0.05) is 48.5 Å². The number of ketones is 1. The molecule has 3 rings (SSSR count). The second-order valence-corrected chi connectivity index (χ2v) is 6.07. The third-order valence-electron chi connectivity index (χ3n) is 4.39. The highest BCUT2D eigenvalue weighted by Crippen LogP contribution is 2.44. The Labute approximate surface area is 151 Å². The Morgan fingerprint density at radius 2 is 1.63 bits per heavy atom. The third kappa shape index (κ3) is 3.25. The Kier molecular flexibility index (Phi) is 4.64. The first-order valence-corrected chi connectivity index (χ1v) is 7.86. The smallest absolute Gasteiger partial charge is 0.363 e. The van der Waals surface area contributed by atoms with Gasteiger partial charge in [0.15, 0.2) is 5.78 Å². The van der Waals surface area contributed by atoms with Crippen molar-refractivity contribution in [2.24, 2.45) is 5.92 Å². The summed E-state index contributed by atoms with van der Waals surface area (Å²) in [5, 5.41) is 13.9. The first kappa shape index (κ1) is 18.8. The summed E-state index contributed by atoms with van der Waals surface area (Å²) in [6.45, 7) is 0. The number of amides is 2. The van der Waals surface area contributed by atoms with Crippen molar-refractivity contribution in [3.63, 3.8) is 0 Å². The number of hydrogen-bond acceptors (Lipinski definition) is 3. The molecular weight excluding hydrogens is 368 g/mol. The Morgan fingerprint density at radius 1 is 1.04 bits per heavy atom. The highest BCUT2D eigenvalue weighted by atomic mass is 19.4. The number of Topliss-reactive ketones (excluding diaryl/α,β-unsaturated/α-hetero) is 1. The monoisotopic (exact) mass is 382 g/mol. The molecule has 1 aliphatic rings. The summed E-state index contributed by atoms with van der Waals surface area (Å²) in [6.07, 6.45) is -5.39. The van der Waals surface area contributed by atoms with Crippen LogP contribution in [-0.4, -0.2) is 28.8 Å². The van der Waals surface area contributed by atoms with Crippen molar-refractivity contribution in [1.82, 2.24) is 10.6 Å². The summed E-state index contributed by atoms with van der Waals surface area (Å²) in [7, 11) is 0. The molecule has 1 heterocycles. The molecule has 1 saturated heterocycles. The molecule has 9 heteroatoms. The van der Waals surface area contributed by atoms with Gasteiger partial charge < -0.3 is 15.7 Å². The standard InChI is InChI=1S/C18H14F4N2O3/c19-12-9-5-4-8-11(12)14-13(15(25)10-6-2-1-3-7-10)17(27,18(20,21)22)24-16(26)23-14/h1-9,13-14,27H,(H2,23,24,26)/t13-,14-,17+/m1/s1. The molecule has 1 aliphatic heterocycles. The number of hydrogen-bond donors (Lipinski definition) is 3. The molecule has 0 radical (unpaired) electrons. The molecule has 142 valence electrons. The average Bonchev–Trinajstić information content (AvgIpc) is 2.61. The van der Waals surface area contributed by atoms with E-state index in [2.05, 4.69) is 5.32 Å². The van der Waals surface area contributed by atoms with Crippen LogP contribution in [0.15, 0.2) is 54.6 Å². The van der Waals surface area contributed by atoms with E-state index in [9.17, 15) is 32.3 Å². The van der Waals surface area contributed by atoms with E-state index in [4.69, 9.17) is 0 Å². The summed E-state index contributed by atoms with van der Waals surface area (Å²) in [5.41, 5.74) is -4.34. The van der Waals surface area contributed by atoms with Crippen LogP contribution in [0.3, 0.4) is 0 Å². The van der Waals surface area contributed by atoms with E-state index < -0.39 is 41.5 Å². The molecule has 0 aliphatic carbocycles. The number of carbonyl (C=O) groups is 2. The zero-order valence-corrected chi connectivity index (χ0v) is 13.6. The van der Waals surface area contributed by atoms with Gasteiger partial charge in [0.25, 0.3) is 0 Å². The summed E-state index contributed by atoms with van der Waals surface area (Å²) >= 11 is 0. The second-order valence-electron chi connectivity index (χ2n) is 6.07. The van der Waals surface area contributed by atoms with Crippen molar-refractivity contribution in [2.45, 2.75) is 17.9 Å². The van der Waals surface area contributed by atoms with Crippen molar-refractivity contribution < 1.29 is 32.3 Å². The minimum Gasteiger partial charge on any atom is -0.363 e. The number of rotatable bonds is 3. The lowest BCUT2D eigenvalue weighted by Crippen LogP contribution is -2.72. The normalized spacial score (nSPS) is 25.4. The Morgan fingerprint density at radius 3 is 2.22 bits per heavy atom. The van der Waals surface area contributed by atoms with Crippen LogP contribution in [-0.2, 0) is 0 Å². The fraction of sp³-hybridized carbons (Fsp3) is 0.222. The van der Waals surface area contributed by atoms with Gasteiger partial charge in [-0.3, -0.25) is 4.79 Å². The van der Waals surface area contributed by atoms with Crippen molar-refractivity contribution in [3.8, 4) is 0 Å². The van der Waals surface area contributed by atoms with E-state index >= 15 is 0 Å². The molecule has 5 nitrogen and oxygen atoms in total. The topological polar surface area (TPSA) is 78.4 Å². The first-order chi connectivity index (χ1) is 12.6. The number of carbonyl (C=O) groups excluding carboxylic acids is 2. The quantitative estimate of drug-likeness (QED) is 0.564. The summed E-state index contributed by atoms with van der Waals surface area (Å²) in [5.74, 6) is -4.27. The van der Waals surface area contributed by atoms with E-state index in [0.29, 0.717) is 0 Å². The summed E-state index contributed by atoms with van der Waals surface area (Å²) in [4.78, 5) is 24.7. The molecule has 0 bridgehead atoms. The van der Waals surface area contributed by atoms with E-state index in [1.165, 1.54) is 41.7 Å². The molecule has 0 spiro atoms.